The maximum absolute atomic E-state index is 10.3. The number of hydrogen-bond acceptors (Lipinski definition) is 4. The van der Waals surface area contributed by atoms with Crippen molar-refractivity contribution in [3.8, 4) is 5.88 Å². The maximum Gasteiger partial charge on any atom is 0.240 e. The van der Waals surface area contributed by atoms with Crippen molar-refractivity contribution in [3.63, 3.8) is 0 Å². The summed E-state index contributed by atoms with van der Waals surface area (Å²) in [5.41, 5.74) is 1.08. The monoisotopic (exact) mass is 263 g/mol. The molecule has 0 aliphatic carbocycles. The molecular formula is C12H10ClN3O2. The first kappa shape index (κ1) is 12.4. The fraction of sp³-hybridized carbons (Fsp3) is 0.167. The van der Waals surface area contributed by atoms with Gasteiger partial charge in [0.25, 0.3) is 0 Å². The molecule has 0 atom stereocenters. The largest absolute Gasteiger partial charge is 0.472 e. The van der Waals surface area contributed by atoms with Gasteiger partial charge in [-0.25, -0.2) is 4.79 Å². The number of aryl methyl sites for hydroxylation is 1. The summed E-state index contributed by atoms with van der Waals surface area (Å²) in [6.07, 6.45) is 3.27. The molecule has 0 aliphatic rings. The van der Waals surface area contributed by atoms with Gasteiger partial charge in [0.1, 0.15) is 6.61 Å². The molecule has 0 aliphatic heterocycles. The predicted octanol–water partition coefficient (Wildman–Crippen LogP) is 2.62. The Hall–Kier alpha value is -2.10. The Labute approximate surface area is 109 Å². The van der Waals surface area contributed by atoms with Crippen LogP contribution in [0.1, 0.15) is 5.56 Å². The third-order valence-corrected chi connectivity index (χ3v) is 2.67. The van der Waals surface area contributed by atoms with E-state index < -0.39 is 0 Å². The van der Waals surface area contributed by atoms with Gasteiger partial charge in [0, 0.05) is 29.9 Å². The molecule has 0 radical (unpaired) electrons. The summed E-state index contributed by atoms with van der Waals surface area (Å²) in [6, 6.07) is 6.83. The smallest absolute Gasteiger partial charge is 0.240 e. The van der Waals surface area contributed by atoms with Crippen molar-refractivity contribution in [2.24, 2.45) is 12.0 Å². The highest BCUT2D eigenvalue weighted by Crippen LogP contribution is 2.27. The van der Waals surface area contributed by atoms with Gasteiger partial charge >= 0.3 is 0 Å². The molecule has 0 saturated carbocycles. The summed E-state index contributed by atoms with van der Waals surface area (Å²) in [7, 11) is 1.80. The zero-order chi connectivity index (χ0) is 13.0. The Kier molecular flexibility index (Phi) is 3.77. The van der Waals surface area contributed by atoms with Gasteiger partial charge < -0.3 is 4.74 Å². The molecule has 2 rings (SSSR count). The molecule has 1 aromatic heterocycles. The Morgan fingerprint density at radius 1 is 1.50 bits per heavy atom. The average molecular weight is 264 g/mol. The van der Waals surface area contributed by atoms with Crippen LogP contribution in [0, 0.1) is 0 Å². The molecule has 0 N–H and O–H groups in total. The zero-order valence-corrected chi connectivity index (χ0v) is 10.4. The van der Waals surface area contributed by atoms with E-state index in [9.17, 15) is 4.79 Å². The summed E-state index contributed by atoms with van der Waals surface area (Å²) >= 11 is 6.04. The van der Waals surface area contributed by atoms with Gasteiger partial charge in [-0.15, -0.1) is 5.10 Å². The van der Waals surface area contributed by atoms with Crippen LogP contribution in [0.25, 0.3) is 0 Å². The van der Waals surface area contributed by atoms with E-state index in [1.165, 1.54) is 6.08 Å². The van der Waals surface area contributed by atoms with Gasteiger partial charge in [-0.05, 0) is 12.1 Å². The van der Waals surface area contributed by atoms with Crippen LogP contribution in [-0.2, 0) is 18.4 Å². The lowest BCUT2D eigenvalue weighted by molar-refractivity contribution is 0.291. The third-order valence-electron chi connectivity index (χ3n) is 2.31. The van der Waals surface area contributed by atoms with Crippen molar-refractivity contribution in [1.29, 1.82) is 0 Å². The van der Waals surface area contributed by atoms with E-state index in [0.29, 0.717) is 22.2 Å². The van der Waals surface area contributed by atoms with E-state index in [1.54, 1.807) is 42.2 Å². The van der Waals surface area contributed by atoms with Gasteiger partial charge in [-0.2, -0.15) is 4.99 Å². The molecule has 0 unspecified atom stereocenters. The number of aromatic nitrogens is 2. The van der Waals surface area contributed by atoms with E-state index in [-0.39, 0.29) is 6.61 Å². The summed E-state index contributed by atoms with van der Waals surface area (Å²) in [4.78, 5) is 13.9. The summed E-state index contributed by atoms with van der Waals surface area (Å²) in [5, 5.41) is 4.56. The van der Waals surface area contributed by atoms with Gasteiger partial charge in [0.15, 0.2) is 0 Å². The minimum Gasteiger partial charge on any atom is -0.472 e. The molecule has 2 aromatic rings. The van der Waals surface area contributed by atoms with E-state index in [4.69, 9.17) is 16.3 Å². The number of isocyanates is 1. The molecule has 1 aromatic carbocycles. The zero-order valence-electron chi connectivity index (χ0n) is 9.63. The summed E-state index contributed by atoms with van der Waals surface area (Å²) < 4.78 is 7.11. The van der Waals surface area contributed by atoms with Gasteiger partial charge in [0.05, 0.1) is 5.69 Å². The summed E-state index contributed by atoms with van der Waals surface area (Å²) in [5.74, 6) is 0.485. The Bertz CT molecular complexity index is 603. The second-order valence-electron chi connectivity index (χ2n) is 3.56. The van der Waals surface area contributed by atoms with Crippen LogP contribution in [0.4, 0.5) is 5.69 Å². The normalized spacial score (nSPS) is 9.89. The molecule has 0 bridgehead atoms. The quantitative estimate of drug-likeness (QED) is 0.629. The second kappa shape index (κ2) is 5.49. The first-order chi connectivity index (χ1) is 8.70. The number of halogens is 1. The fourth-order valence-electron chi connectivity index (χ4n) is 1.46. The van der Waals surface area contributed by atoms with Gasteiger partial charge in [0.2, 0.25) is 12.0 Å². The lowest BCUT2D eigenvalue weighted by Gasteiger charge is -2.07. The molecule has 92 valence electrons. The van der Waals surface area contributed by atoms with E-state index in [1.807, 2.05) is 0 Å². The number of carbonyl (C=O) groups excluding carboxylic acids is 1. The van der Waals surface area contributed by atoms with Gasteiger partial charge in [-0.1, -0.05) is 17.7 Å². The maximum atomic E-state index is 10.3. The number of rotatable bonds is 4. The molecular weight excluding hydrogens is 254 g/mol. The van der Waals surface area contributed by atoms with Crippen molar-refractivity contribution < 1.29 is 9.53 Å². The average Bonchev–Trinajstić information content (AvgIpc) is 2.75. The van der Waals surface area contributed by atoms with Crippen molar-refractivity contribution in [2.75, 3.05) is 0 Å². The van der Waals surface area contributed by atoms with Crippen LogP contribution in [0.5, 0.6) is 5.88 Å². The molecule has 0 fully saturated rings. The summed E-state index contributed by atoms with van der Waals surface area (Å²) in [6.45, 7) is 0.192. The molecule has 5 nitrogen and oxygen atoms in total. The molecule has 18 heavy (non-hydrogen) atoms. The molecule has 0 saturated heterocycles. The molecule has 1 heterocycles. The van der Waals surface area contributed by atoms with Crippen molar-refractivity contribution in [3.05, 3.63) is 41.0 Å². The van der Waals surface area contributed by atoms with Crippen molar-refractivity contribution in [2.45, 2.75) is 6.61 Å². The standard InChI is InChI=1S/C12H10ClN3O2/c1-16-6-5-12(15-16)18-7-9-10(13)3-2-4-11(9)14-8-17/h2-6H,7H2,1H3. The second-order valence-corrected chi connectivity index (χ2v) is 3.96. The van der Waals surface area contributed by atoms with Crippen molar-refractivity contribution >= 4 is 23.4 Å². The van der Waals surface area contributed by atoms with E-state index in [0.717, 1.165) is 0 Å². The number of nitrogens with zero attached hydrogens (tertiary/aromatic N) is 3. The highest BCUT2D eigenvalue weighted by molar-refractivity contribution is 6.31. The Balaban J connectivity index is 2.20. The number of aliphatic imine (C=N–C) groups is 1. The van der Waals surface area contributed by atoms with Crippen LogP contribution in [0.2, 0.25) is 5.02 Å². The number of benzene rings is 1. The highest BCUT2D eigenvalue weighted by Gasteiger charge is 2.08. The Morgan fingerprint density at radius 3 is 3.00 bits per heavy atom. The SMILES string of the molecule is Cn1ccc(OCc2c(Cl)cccc2N=C=O)n1. The van der Waals surface area contributed by atoms with Crippen LogP contribution in [-0.4, -0.2) is 15.9 Å². The first-order valence-electron chi connectivity index (χ1n) is 5.18. The predicted molar refractivity (Wildman–Crippen MR) is 66.8 cm³/mol. The topological polar surface area (TPSA) is 56.5 Å². The molecule has 0 spiro atoms. The molecule has 0 amide bonds. The van der Waals surface area contributed by atoms with E-state index in [2.05, 4.69) is 10.1 Å². The van der Waals surface area contributed by atoms with Crippen LogP contribution < -0.4 is 4.74 Å². The molecule has 6 heteroatoms. The van der Waals surface area contributed by atoms with Crippen molar-refractivity contribution in [1.82, 2.24) is 9.78 Å². The minimum atomic E-state index is 0.192. The van der Waals surface area contributed by atoms with Crippen LogP contribution in [0.15, 0.2) is 35.5 Å². The highest BCUT2D eigenvalue weighted by atomic mass is 35.5. The van der Waals surface area contributed by atoms with E-state index >= 15 is 0 Å². The lowest BCUT2D eigenvalue weighted by Crippen LogP contribution is -1.98. The minimum absolute atomic E-state index is 0.192. The van der Waals surface area contributed by atoms with Crippen LogP contribution >= 0.6 is 11.6 Å². The lowest BCUT2D eigenvalue weighted by atomic mass is 10.2. The van der Waals surface area contributed by atoms with Crippen LogP contribution in [0.3, 0.4) is 0 Å². The number of ether oxygens (including phenoxy) is 1. The number of hydrogen-bond donors (Lipinski definition) is 0. The third kappa shape index (κ3) is 2.77. The van der Waals surface area contributed by atoms with Gasteiger partial charge in [-0.3, -0.25) is 4.68 Å². The fourth-order valence-corrected chi connectivity index (χ4v) is 1.69. The Morgan fingerprint density at radius 2 is 2.33 bits per heavy atom. The first-order valence-corrected chi connectivity index (χ1v) is 5.56.